The summed E-state index contributed by atoms with van der Waals surface area (Å²) in [5, 5.41) is 24.6. The Morgan fingerprint density at radius 2 is 1.50 bits per heavy atom. The molecule has 1 amide bonds. The fourth-order valence-electron chi connectivity index (χ4n) is 4.10. The number of rotatable bonds is 10. The van der Waals surface area contributed by atoms with E-state index in [1.165, 1.54) is 0 Å². The number of anilines is 1. The number of hydrogen-bond donors (Lipinski definition) is 4. The van der Waals surface area contributed by atoms with Crippen LogP contribution >= 0.6 is 11.3 Å². The molecule has 188 valence electrons. The number of ether oxygens (including phenoxy) is 2. The molecule has 1 aliphatic heterocycles. The molecule has 2 atom stereocenters. The number of nitrogens with one attached hydrogen (secondary N) is 2. The quantitative estimate of drug-likeness (QED) is 0.305. The number of carbonyl (C=O) groups is 3. The Labute approximate surface area is 211 Å². The van der Waals surface area contributed by atoms with Gasteiger partial charge in [0.15, 0.2) is 0 Å². The minimum absolute atomic E-state index is 0.000568. The van der Waals surface area contributed by atoms with Crippen LogP contribution in [0, 0.1) is 0 Å². The molecule has 10 heteroatoms. The van der Waals surface area contributed by atoms with Gasteiger partial charge in [-0.3, -0.25) is 4.79 Å². The summed E-state index contributed by atoms with van der Waals surface area (Å²) >= 11 is 1.05. The third-order valence-electron chi connectivity index (χ3n) is 5.70. The van der Waals surface area contributed by atoms with Crippen LogP contribution in [0.5, 0.6) is 0 Å². The van der Waals surface area contributed by atoms with Gasteiger partial charge in [0.1, 0.15) is 5.00 Å². The van der Waals surface area contributed by atoms with Gasteiger partial charge in [-0.1, -0.05) is 60.7 Å². The zero-order valence-electron chi connectivity index (χ0n) is 19.3. The average molecular weight is 511 g/mol. The van der Waals surface area contributed by atoms with Gasteiger partial charge in [-0.25, -0.2) is 9.59 Å². The summed E-state index contributed by atoms with van der Waals surface area (Å²) in [6.45, 7) is 1.37. The summed E-state index contributed by atoms with van der Waals surface area (Å²) in [4.78, 5) is 35.7. The largest absolute Gasteiger partial charge is 0.478 e. The first-order valence-corrected chi connectivity index (χ1v) is 12.2. The smallest absolute Gasteiger partial charge is 0.394 e. The first-order valence-electron chi connectivity index (χ1n) is 11.3. The molecule has 9 nitrogen and oxygen atoms in total. The molecule has 0 fully saturated rings. The van der Waals surface area contributed by atoms with Gasteiger partial charge in [-0.05, 0) is 23.1 Å². The van der Waals surface area contributed by atoms with E-state index in [0.717, 1.165) is 22.5 Å². The molecule has 0 saturated carbocycles. The van der Waals surface area contributed by atoms with E-state index in [4.69, 9.17) is 14.6 Å². The summed E-state index contributed by atoms with van der Waals surface area (Å²) in [6, 6.07) is 18.8. The van der Waals surface area contributed by atoms with E-state index in [9.17, 15) is 19.5 Å². The number of amides is 1. The summed E-state index contributed by atoms with van der Waals surface area (Å²) in [6.07, 6.45) is 0.348. The second-order valence-electron chi connectivity index (χ2n) is 8.34. The predicted molar refractivity (Wildman–Crippen MR) is 133 cm³/mol. The van der Waals surface area contributed by atoms with Crippen molar-refractivity contribution in [2.45, 2.75) is 31.7 Å². The van der Waals surface area contributed by atoms with Gasteiger partial charge in [-0.15, -0.1) is 11.3 Å². The number of carboxylic acids is 2. The molecule has 1 aromatic heterocycles. The van der Waals surface area contributed by atoms with Crippen molar-refractivity contribution >= 4 is 34.2 Å². The number of thiophene rings is 1. The molecule has 3 aromatic rings. The van der Waals surface area contributed by atoms with Gasteiger partial charge in [0.25, 0.3) is 0 Å². The summed E-state index contributed by atoms with van der Waals surface area (Å²) in [5.74, 6) is -4.21. The van der Waals surface area contributed by atoms with Crippen molar-refractivity contribution in [2.75, 3.05) is 18.5 Å². The lowest BCUT2D eigenvalue weighted by Gasteiger charge is -2.31. The van der Waals surface area contributed by atoms with E-state index in [1.54, 1.807) is 0 Å². The van der Waals surface area contributed by atoms with Crippen LogP contribution in [0.4, 0.5) is 5.00 Å². The molecule has 0 unspecified atom stereocenters. The molecule has 1 aliphatic rings. The fourth-order valence-corrected chi connectivity index (χ4v) is 5.36. The van der Waals surface area contributed by atoms with Crippen molar-refractivity contribution < 1.29 is 34.1 Å². The van der Waals surface area contributed by atoms with Crippen LogP contribution in [0.1, 0.15) is 38.0 Å². The Morgan fingerprint density at radius 3 is 2.06 bits per heavy atom. The molecule has 0 aliphatic carbocycles. The molecule has 36 heavy (non-hydrogen) atoms. The summed E-state index contributed by atoms with van der Waals surface area (Å²) in [7, 11) is 0. The van der Waals surface area contributed by atoms with E-state index >= 15 is 0 Å². The highest BCUT2D eigenvalue weighted by Gasteiger charge is 2.35. The molecule has 0 bridgehead atoms. The number of aromatic carboxylic acids is 1. The van der Waals surface area contributed by atoms with Gasteiger partial charge in [0, 0.05) is 10.9 Å². The van der Waals surface area contributed by atoms with Crippen LogP contribution in [0.2, 0.25) is 0 Å². The SMILES string of the molecule is O=C(O)C(=O)Nc1sc2c(c1C(=O)O)C[C@H](COCc1ccccc1)N[C@@H]2COCc1ccccc1. The standard InChI is InChI=1S/C26H26N2O7S/c29-23(26(32)33)28-24-21(25(30)31)19-11-18(14-34-12-16-7-3-1-4-8-16)27-20(22(19)36-24)15-35-13-17-9-5-2-6-10-17/h1-10,18,20,27H,11-15H2,(H,28,29)(H,30,31)(H,32,33)/t18-,20-/m1/s1. The van der Waals surface area contributed by atoms with Crippen molar-refractivity contribution in [3.8, 4) is 0 Å². The van der Waals surface area contributed by atoms with Gasteiger partial charge in [0.05, 0.1) is 38.0 Å². The normalized spacial score (nSPS) is 16.8. The van der Waals surface area contributed by atoms with Crippen molar-refractivity contribution in [1.29, 1.82) is 0 Å². The van der Waals surface area contributed by atoms with Gasteiger partial charge in [0.2, 0.25) is 0 Å². The first-order chi connectivity index (χ1) is 17.4. The second kappa shape index (κ2) is 11.9. The van der Waals surface area contributed by atoms with Crippen molar-refractivity contribution in [2.24, 2.45) is 0 Å². The first kappa shape index (κ1) is 25.5. The second-order valence-corrected chi connectivity index (χ2v) is 9.39. The maximum absolute atomic E-state index is 12.1. The Kier molecular flexibility index (Phi) is 8.44. The van der Waals surface area contributed by atoms with Crippen LogP contribution in [-0.2, 0) is 38.7 Å². The van der Waals surface area contributed by atoms with E-state index < -0.39 is 17.8 Å². The maximum Gasteiger partial charge on any atom is 0.394 e. The Balaban J connectivity index is 1.54. The minimum atomic E-state index is -1.69. The highest BCUT2D eigenvalue weighted by Crippen LogP contribution is 2.41. The Bertz CT molecular complexity index is 1210. The molecular formula is C26H26N2O7S. The van der Waals surface area contributed by atoms with E-state index in [-0.39, 0.29) is 29.3 Å². The summed E-state index contributed by atoms with van der Waals surface area (Å²) < 4.78 is 11.8. The van der Waals surface area contributed by atoms with Gasteiger partial charge < -0.3 is 30.3 Å². The van der Waals surface area contributed by atoms with Crippen LogP contribution < -0.4 is 10.6 Å². The average Bonchev–Trinajstić information content (AvgIpc) is 3.23. The minimum Gasteiger partial charge on any atom is -0.478 e. The lowest BCUT2D eigenvalue weighted by Crippen LogP contribution is -2.43. The van der Waals surface area contributed by atoms with Crippen molar-refractivity contribution in [3.63, 3.8) is 0 Å². The molecule has 0 saturated heterocycles. The third-order valence-corrected chi connectivity index (χ3v) is 6.97. The number of carbonyl (C=O) groups excluding carboxylic acids is 1. The topological polar surface area (TPSA) is 134 Å². The molecular weight excluding hydrogens is 484 g/mol. The van der Waals surface area contributed by atoms with Crippen LogP contribution in [0.3, 0.4) is 0 Å². The van der Waals surface area contributed by atoms with Crippen LogP contribution in [0.15, 0.2) is 60.7 Å². The molecule has 4 rings (SSSR count). The Hall–Kier alpha value is -3.57. The number of carboxylic acid groups (broad SMARTS) is 2. The predicted octanol–water partition coefficient (Wildman–Crippen LogP) is 3.46. The highest BCUT2D eigenvalue weighted by molar-refractivity contribution is 7.17. The molecule has 0 spiro atoms. The molecule has 2 heterocycles. The van der Waals surface area contributed by atoms with E-state index in [1.807, 2.05) is 60.7 Å². The highest BCUT2D eigenvalue weighted by atomic mass is 32.1. The zero-order chi connectivity index (χ0) is 25.5. The molecule has 4 N–H and O–H groups in total. The Morgan fingerprint density at radius 1 is 0.917 bits per heavy atom. The number of hydrogen-bond acceptors (Lipinski definition) is 7. The molecule has 2 aromatic carbocycles. The van der Waals surface area contributed by atoms with E-state index in [2.05, 4.69) is 10.6 Å². The van der Waals surface area contributed by atoms with Crippen molar-refractivity contribution in [3.05, 3.63) is 87.8 Å². The lowest BCUT2D eigenvalue weighted by molar-refractivity contribution is -0.147. The van der Waals surface area contributed by atoms with E-state index in [0.29, 0.717) is 36.7 Å². The zero-order valence-corrected chi connectivity index (χ0v) is 20.1. The third kappa shape index (κ3) is 6.35. The maximum atomic E-state index is 12.1. The lowest BCUT2D eigenvalue weighted by atomic mass is 9.94. The summed E-state index contributed by atoms with van der Waals surface area (Å²) in [5.41, 5.74) is 2.49. The van der Waals surface area contributed by atoms with Gasteiger partial charge >= 0.3 is 17.8 Å². The monoisotopic (exact) mass is 510 g/mol. The van der Waals surface area contributed by atoms with Crippen molar-refractivity contribution in [1.82, 2.24) is 5.32 Å². The van der Waals surface area contributed by atoms with Crippen LogP contribution in [0.25, 0.3) is 0 Å². The number of benzene rings is 2. The van der Waals surface area contributed by atoms with Crippen LogP contribution in [-0.4, -0.2) is 47.3 Å². The number of aliphatic carboxylic acids is 1. The number of fused-ring (bicyclic) bond motifs is 1. The molecule has 0 radical (unpaired) electrons. The van der Waals surface area contributed by atoms with Gasteiger partial charge in [-0.2, -0.15) is 0 Å². The fraction of sp³-hybridized carbons (Fsp3) is 0.269.